The molecule has 4 nitrogen and oxygen atoms in total. The van der Waals surface area contributed by atoms with Gasteiger partial charge in [-0.15, -0.1) is 0 Å². The lowest BCUT2D eigenvalue weighted by Gasteiger charge is -2.36. The minimum atomic E-state index is -0.633. The molecule has 2 aliphatic carbocycles. The molecular weight excluding hydrogens is 194 g/mol. The number of hydrogen-bond acceptors (Lipinski definition) is 3. The molecule has 2 fully saturated rings. The van der Waals surface area contributed by atoms with Gasteiger partial charge in [-0.3, -0.25) is 4.79 Å². The number of hydrogen-bond donors (Lipinski definition) is 2. The molecule has 2 saturated carbocycles. The van der Waals surface area contributed by atoms with Crippen LogP contribution in [-0.2, 0) is 9.53 Å². The van der Waals surface area contributed by atoms with E-state index in [0.29, 0.717) is 19.1 Å². The average Bonchev–Trinajstić information content (AvgIpc) is 2.95. The zero-order valence-electron chi connectivity index (χ0n) is 9.00. The second kappa shape index (κ2) is 4.49. The van der Waals surface area contributed by atoms with E-state index in [-0.39, 0.29) is 12.5 Å². The summed E-state index contributed by atoms with van der Waals surface area (Å²) in [7, 11) is 0. The summed E-state index contributed by atoms with van der Waals surface area (Å²) in [6.07, 6.45) is 5.14. The molecule has 0 atom stereocenters. The van der Waals surface area contributed by atoms with Gasteiger partial charge >= 0.3 is 0 Å². The minimum Gasteiger partial charge on any atom is -0.388 e. The minimum absolute atomic E-state index is 0.115. The molecule has 1 amide bonds. The van der Waals surface area contributed by atoms with Gasteiger partial charge in [0.15, 0.2) is 0 Å². The molecule has 0 radical (unpaired) electrons. The van der Waals surface area contributed by atoms with Crippen LogP contribution in [0.15, 0.2) is 0 Å². The summed E-state index contributed by atoms with van der Waals surface area (Å²) < 4.78 is 5.24. The van der Waals surface area contributed by atoms with E-state index in [1.54, 1.807) is 0 Å². The van der Waals surface area contributed by atoms with Gasteiger partial charge in [0.2, 0.25) is 5.91 Å². The van der Waals surface area contributed by atoms with E-state index in [0.717, 1.165) is 19.3 Å². The van der Waals surface area contributed by atoms with Crippen molar-refractivity contribution >= 4 is 5.91 Å². The second-order valence-corrected chi connectivity index (χ2v) is 4.81. The van der Waals surface area contributed by atoms with Gasteiger partial charge in [0, 0.05) is 6.54 Å². The monoisotopic (exact) mass is 213 g/mol. The molecule has 0 aromatic carbocycles. The van der Waals surface area contributed by atoms with Gasteiger partial charge in [0.1, 0.15) is 6.61 Å². The number of carbonyl (C=O) groups excluding carboxylic acids is 1. The Hall–Kier alpha value is -0.610. The molecule has 0 unspecified atom stereocenters. The van der Waals surface area contributed by atoms with Crippen molar-refractivity contribution in [3.63, 3.8) is 0 Å². The molecule has 2 N–H and O–H groups in total. The molecular formula is C11H19NO3. The summed E-state index contributed by atoms with van der Waals surface area (Å²) in [5.74, 6) is 0.574. The van der Waals surface area contributed by atoms with Crippen LogP contribution in [0.1, 0.15) is 32.1 Å². The van der Waals surface area contributed by atoms with Gasteiger partial charge in [-0.1, -0.05) is 0 Å². The third-order valence-electron chi connectivity index (χ3n) is 3.18. The highest BCUT2D eigenvalue weighted by Gasteiger charge is 2.34. The van der Waals surface area contributed by atoms with E-state index in [1.807, 2.05) is 0 Å². The first kappa shape index (κ1) is 10.9. The lowest BCUT2D eigenvalue weighted by Crippen LogP contribution is -2.48. The predicted molar refractivity (Wildman–Crippen MR) is 55.4 cm³/mol. The van der Waals surface area contributed by atoms with Crippen molar-refractivity contribution in [2.45, 2.75) is 37.7 Å². The van der Waals surface area contributed by atoms with E-state index in [4.69, 9.17) is 4.74 Å². The van der Waals surface area contributed by atoms with E-state index >= 15 is 0 Å². The predicted octanol–water partition coefficient (Wildman–Crippen LogP) is 0.444. The Kier molecular flexibility index (Phi) is 3.26. The lowest BCUT2D eigenvalue weighted by atomic mass is 9.80. The molecule has 0 aliphatic heterocycles. The highest BCUT2D eigenvalue weighted by atomic mass is 16.5. The number of nitrogens with one attached hydrogen (secondary N) is 1. The van der Waals surface area contributed by atoms with Gasteiger partial charge < -0.3 is 15.2 Å². The normalized spacial score (nSPS) is 23.3. The first-order chi connectivity index (χ1) is 7.18. The van der Waals surface area contributed by atoms with Crippen LogP contribution >= 0.6 is 0 Å². The Morgan fingerprint density at radius 2 is 2.20 bits per heavy atom. The Balaban J connectivity index is 1.51. The van der Waals surface area contributed by atoms with Crippen molar-refractivity contribution in [1.29, 1.82) is 0 Å². The van der Waals surface area contributed by atoms with Crippen molar-refractivity contribution in [2.75, 3.05) is 19.8 Å². The molecule has 4 heteroatoms. The van der Waals surface area contributed by atoms with Crippen LogP contribution in [0.4, 0.5) is 0 Å². The quantitative estimate of drug-likeness (QED) is 0.673. The van der Waals surface area contributed by atoms with Crippen LogP contribution in [-0.4, -0.2) is 36.4 Å². The maximum Gasteiger partial charge on any atom is 0.246 e. The van der Waals surface area contributed by atoms with Crippen molar-refractivity contribution in [2.24, 2.45) is 5.92 Å². The number of aliphatic hydroxyl groups is 1. The van der Waals surface area contributed by atoms with Crippen LogP contribution in [0.25, 0.3) is 0 Å². The summed E-state index contributed by atoms with van der Waals surface area (Å²) in [6, 6.07) is 0. The molecule has 2 rings (SSSR count). The Labute approximate surface area is 90.0 Å². The zero-order chi connectivity index (χ0) is 10.7. The molecule has 15 heavy (non-hydrogen) atoms. The smallest absolute Gasteiger partial charge is 0.246 e. The molecule has 0 heterocycles. The lowest BCUT2D eigenvalue weighted by molar-refractivity contribution is -0.128. The van der Waals surface area contributed by atoms with Gasteiger partial charge in [-0.25, -0.2) is 0 Å². The first-order valence-electron chi connectivity index (χ1n) is 5.75. The molecule has 0 aromatic heterocycles. The SMILES string of the molecule is O=C(COCC1CC1)NCC1(O)CCC1. The summed E-state index contributed by atoms with van der Waals surface area (Å²) in [4.78, 5) is 11.3. The van der Waals surface area contributed by atoms with E-state index < -0.39 is 5.60 Å². The van der Waals surface area contributed by atoms with Crippen molar-refractivity contribution in [3.8, 4) is 0 Å². The largest absolute Gasteiger partial charge is 0.388 e. The Bertz CT molecular complexity index is 234. The van der Waals surface area contributed by atoms with E-state index in [2.05, 4.69) is 5.32 Å². The number of rotatable bonds is 6. The standard InChI is InChI=1S/C11H19NO3/c13-10(7-15-6-9-2-3-9)12-8-11(14)4-1-5-11/h9,14H,1-8H2,(H,12,13). The van der Waals surface area contributed by atoms with Crippen LogP contribution < -0.4 is 5.32 Å². The molecule has 0 spiro atoms. The highest BCUT2D eigenvalue weighted by molar-refractivity contribution is 5.77. The molecule has 0 aromatic rings. The summed E-state index contributed by atoms with van der Waals surface area (Å²) in [5, 5.41) is 12.4. The summed E-state index contributed by atoms with van der Waals surface area (Å²) in [5.41, 5.74) is -0.633. The Morgan fingerprint density at radius 1 is 1.47 bits per heavy atom. The molecule has 0 saturated heterocycles. The van der Waals surface area contributed by atoms with Crippen molar-refractivity contribution in [3.05, 3.63) is 0 Å². The van der Waals surface area contributed by atoms with Gasteiger partial charge in [0.05, 0.1) is 12.2 Å². The molecule has 2 aliphatic rings. The number of carbonyl (C=O) groups is 1. The summed E-state index contributed by atoms with van der Waals surface area (Å²) >= 11 is 0. The topological polar surface area (TPSA) is 58.6 Å². The third kappa shape index (κ3) is 3.47. The fourth-order valence-corrected chi connectivity index (χ4v) is 1.68. The van der Waals surface area contributed by atoms with Gasteiger partial charge in [-0.2, -0.15) is 0 Å². The van der Waals surface area contributed by atoms with Gasteiger partial charge in [-0.05, 0) is 38.0 Å². The number of amides is 1. The fraction of sp³-hybridized carbons (Fsp3) is 0.909. The van der Waals surface area contributed by atoms with Crippen LogP contribution in [0.5, 0.6) is 0 Å². The molecule has 86 valence electrons. The maximum atomic E-state index is 11.3. The van der Waals surface area contributed by atoms with E-state index in [1.165, 1.54) is 12.8 Å². The third-order valence-corrected chi connectivity index (χ3v) is 3.18. The van der Waals surface area contributed by atoms with Crippen LogP contribution in [0.2, 0.25) is 0 Å². The Morgan fingerprint density at radius 3 is 2.73 bits per heavy atom. The second-order valence-electron chi connectivity index (χ2n) is 4.81. The van der Waals surface area contributed by atoms with E-state index in [9.17, 15) is 9.90 Å². The molecule has 0 bridgehead atoms. The van der Waals surface area contributed by atoms with Crippen LogP contribution in [0.3, 0.4) is 0 Å². The van der Waals surface area contributed by atoms with Gasteiger partial charge in [0.25, 0.3) is 0 Å². The summed E-state index contributed by atoms with van der Waals surface area (Å²) in [6.45, 7) is 1.21. The van der Waals surface area contributed by atoms with Crippen LogP contribution in [0, 0.1) is 5.92 Å². The van der Waals surface area contributed by atoms with Crippen molar-refractivity contribution in [1.82, 2.24) is 5.32 Å². The highest BCUT2D eigenvalue weighted by Crippen LogP contribution is 2.30. The fourth-order valence-electron chi connectivity index (χ4n) is 1.68. The zero-order valence-corrected chi connectivity index (χ0v) is 9.00. The average molecular weight is 213 g/mol. The first-order valence-corrected chi connectivity index (χ1v) is 5.75. The van der Waals surface area contributed by atoms with Crippen molar-refractivity contribution < 1.29 is 14.6 Å². The number of ether oxygens (including phenoxy) is 1. The maximum absolute atomic E-state index is 11.3.